The SMILES string of the molecule is C[C@H](Nc1nccc(-c2c(Cc3ccccc3Cl)c(=O)n3n2CCC3)n1)C(C)(C)O. The molecule has 1 aromatic carbocycles. The number of nitrogens with zero attached hydrogens (tertiary/aromatic N) is 4. The quantitative estimate of drug-likeness (QED) is 0.630. The number of aromatic nitrogens is 4. The van der Waals surface area contributed by atoms with Crippen molar-refractivity contribution in [2.75, 3.05) is 5.32 Å². The first-order valence-electron chi connectivity index (χ1n) is 10.1. The van der Waals surface area contributed by atoms with Crippen molar-refractivity contribution in [2.45, 2.75) is 58.3 Å². The molecule has 30 heavy (non-hydrogen) atoms. The van der Waals surface area contributed by atoms with Gasteiger partial charge >= 0.3 is 0 Å². The number of hydrogen-bond donors (Lipinski definition) is 2. The molecule has 3 heterocycles. The van der Waals surface area contributed by atoms with Gasteiger partial charge in [0.05, 0.1) is 28.6 Å². The van der Waals surface area contributed by atoms with Gasteiger partial charge in [0.1, 0.15) is 0 Å². The standard InChI is InChI=1S/C22H26ClN5O2/c1-14(22(2,3)30)25-21-24-10-9-18(26-21)19-16(13-15-7-4-5-8-17(15)23)20(29)28-12-6-11-27(19)28/h4-5,7-10,14,30H,6,11-13H2,1-3H3,(H,24,25,26)/t14-/m0/s1. The third-order valence-corrected chi connectivity index (χ3v) is 6.07. The van der Waals surface area contributed by atoms with Gasteiger partial charge in [-0.2, -0.15) is 0 Å². The summed E-state index contributed by atoms with van der Waals surface area (Å²) < 4.78 is 3.80. The fourth-order valence-electron chi connectivity index (χ4n) is 3.68. The molecule has 0 spiro atoms. The monoisotopic (exact) mass is 427 g/mol. The number of anilines is 1. The minimum Gasteiger partial charge on any atom is -0.388 e. The Bertz CT molecular complexity index is 1130. The van der Waals surface area contributed by atoms with E-state index in [0.29, 0.717) is 35.2 Å². The largest absolute Gasteiger partial charge is 0.388 e. The Morgan fingerprint density at radius 2 is 1.97 bits per heavy atom. The maximum Gasteiger partial charge on any atom is 0.270 e. The average Bonchev–Trinajstić information content (AvgIpc) is 3.26. The molecule has 158 valence electrons. The highest BCUT2D eigenvalue weighted by atomic mass is 35.5. The molecule has 0 radical (unpaired) electrons. The maximum absolute atomic E-state index is 13.2. The van der Waals surface area contributed by atoms with Crippen LogP contribution in [0.2, 0.25) is 5.02 Å². The van der Waals surface area contributed by atoms with E-state index < -0.39 is 5.60 Å². The molecule has 0 saturated heterocycles. The van der Waals surface area contributed by atoms with E-state index >= 15 is 0 Å². The fourth-order valence-corrected chi connectivity index (χ4v) is 3.88. The van der Waals surface area contributed by atoms with Crippen LogP contribution in [0.15, 0.2) is 41.3 Å². The summed E-state index contributed by atoms with van der Waals surface area (Å²) in [6.45, 7) is 6.80. The highest BCUT2D eigenvalue weighted by Gasteiger charge is 2.27. The van der Waals surface area contributed by atoms with E-state index in [-0.39, 0.29) is 11.6 Å². The second-order valence-electron chi connectivity index (χ2n) is 8.29. The van der Waals surface area contributed by atoms with Crippen LogP contribution >= 0.6 is 11.6 Å². The molecule has 8 heteroatoms. The van der Waals surface area contributed by atoms with Crippen LogP contribution in [0.4, 0.5) is 5.95 Å². The number of benzene rings is 1. The molecular formula is C22H26ClN5O2. The highest BCUT2D eigenvalue weighted by Crippen LogP contribution is 2.28. The summed E-state index contributed by atoms with van der Waals surface area (Å²) >= 11 is 6.37. The molecule has 7 nitrogen and oxygen atoms in total. The van der Waals surface area contributed by atoms with Crippen LogP contribution < -0.4 is 10.9 Å². The van der Waals surface area contributed by atoms with Crippen molar-refractivity contribution in [2.24, 2.45) is 0 Å². The number of hydrogen-bond acceptors (Lipinski definition) is 5. The zero-order chi connectivity index (χ0) is 21.5. The van der Waals surface area contributed by atoms with Gasteiger partial charge in [0.25, 0.3) is 5.56 Å². The van der Waals surface area contributed by atoms with Crippen molar-refractivity contribution >= 4 is 17.5 Å². The van der Waals surface area contributed by atoms with E-state index in [0.717, 1.165) is 24.2 Å². The molecule has 0 unspecified atom stereocenters. The summed E-state index contributed by atoms with van der Waals surface area (Å²) in [4.78, 5) is 22.1. The number of nitrogens with one attached hydrogen (secondary N) is 1. The Balaban J connectivity index is 1.78. The van der Waals surface area contributed by atoms with Crippen LogP contribution in [-0.2, 0) is 19.5 Å². The molecule has 0 fully saturated rings. The van der Waals surface area contributed by atoms with Crippen molar-refractivity contribution in [1.82, 2.24) is 19.3 Å². The van der Waals surface area contributed by atoms with Crippen molar-refractivity contribution in [3.8, 4) is 11.4 Å². The van der Waals surface area contributed by atoms with Crippen molar-refractivity contribution in [3.05, 3.63) is 63.0 Å². The lowest BCUT2D eigenvalue weighted by Crippen LogP contribution is -2.39. The minimum atomic E-state index is -0.928. The molecule has 0 aliphatic carbocycles. The topological polar surface area (TPSA) is 85.0 Å². The summed E-state index contributed by atoms with van der Waals surface area (Å²) in [5, 5.41) is 14.0. The predicted octanol–water partition coefficient (Wildman–Crippen LogP) is 3.33. The number of rotatable bonds is 6. The van der Waals surface area contributed by atoms with E-state index in [4.69, 9.17) is 11.6 Å². The average molecular weight is 428 g/mol. The van der Waals surface area contributed by atoms with Gasteiger partial charge in [-0.05, 0) is 44.9 Å². The van der Waals surface area contributed by atoms with Gasteiger partial charge in [0.15, 0.2) is 0 Å². The van der Waals surface area contributed by atoms with E-state index in [1.54, 1.807) is 24.7 Å². The van der Waals surface area contributed by atoms with E-state index in [9.17, 15) is 9.90 Å². The van der Waals surface area contributed by atoms with Crippen LogP contribution in [0.5, 0.6) is 0 Å². The molecule has 4 rings (SSSR count). The molecule has 1 atom stereocenters. The summed E-state index contributed by atoms with van der Waals surface area (Å²) in [6.07, 6.45) is 3.03. The number of fused-ring (bicyclic) bond motifs is 1. The van der Waals surface area contributed by atoms with Crippen LogP contribution in [0, 0.1) is 0 Å². The first kappa shape index (κ1) is 20.6. The predicted molar refractivity (Wildman–Crippen MR) is 118 cm³/mol. The molecule has 0 saturated carbocycles. The summed E-state index contributed by atoms with van der Waals surface area (Å²) in [5.74, 6) is 0.414. The van der Waals surface area contributed by atoms with E-state index in [2.05, 4.69) is 15.3 Å². The summed E-state index contributed by atoms with van der Waals surface area (Å²) in [5.41, 5.74) is 2.14. The smallest absolute Gasteiger partial charge is 0.270 e. The molecule has 1 aliphatic heterocycles. The van der Waals surface area contributed by atoms with E-state index in [1.165, 1.54) is 0 Å². The van der Waals surface area contributed by atoms with Crippen LogP contribution in [0.25, 0.3) is 11.4 Å². The normalized spacial score (nSPS) is 14.6. The summed E-state index contributed by atoms with van der Waals surface area (Å²) in [6, 6.07) is 9.15. The van der Waals surface area contributed by atoms with Crippen molar-refractivity contribution in [3.63, 3.8) is 0 Å². The molecule has 2 N–H and O–H groups in total. The third-order valence-electron chi connectivity index (χ3n) is 5.70. The Kier molecular flexibility index (Phi) is 5.42. The molecule has 0 bridgehead atoms. The van der Waals surface area contributed by atoms with Gasteiger partial charge < -0.3 is 10.4 Å². The zero-order valence-electron chi connectivity index (χ0n) is 17.4. The second-order valence-corrected chi connectivity index (χ2v) is 8.69. The van der Waals surface area contributed by atoms with Gasteiger partial charge in [-0.3, -0.25) is 9.48 Å². The third kappa shape index (κ3) is 3.87. The van der Waals surface area contributed by atoms with Crippen molar-refractivity contribution < 1.29 is 5.11 Å². The molecule has 1 aliphatic rings. The van der Waals surface area contributed by atoms with Gasteiger partial charge in [0.2, 0.25) is 5.95 Å². The highest BCUT2D eigenvalue weighted by molar-refractivity contribution is 6.31. The Labute approximate surface area is 180 Å². The van der Waals surface area contributed by atoms with Gasteiger partial charge in [-0.15, -0.1) is 0 Å². The van der Waals surface area contributed by atoms with Crippen LogP contribution in [0.3, 0.4) is 0 Å². The molecule has 0 amide bonds. The zero-order valence-corrected chi connectivity index (χ0v) is 18.1. The van der Waals surface area contributed by atoms with Crippen LogP contribution in [0.1, 0.15) is 38.3 Å². The Morgan fingerprint density at radius 3 is 2.70 bits per heavy atom. The Morgan fingerprint density at radius 1 is 1.23 bits per heavy atom. The van der Waals surface area contributed by atoms with Gasteiger partial charge in [-0.1, -0.05) is 29.8 Å². The lowest BCUT2D eigenvalue weighted by atomic mass is 10.0. The van der Waals surface area contributed by atoms with Crippen LogP contribution in [-0.4, -0.2) is 36.1 Å². The lowest BCUT2D eigenvalue weighted by molar-refractivity contribution is 0.0646. The Hall–Kier alpha value is -2.64. The molecular weight excluding hydrogens is 402 g/mol. The lowest BCUT2D eigenvalue weighted by Gasteiger charge is -2.26. The first-order chi connectivity index (χ1) is 14.3. The first-order valence-corrected chi connectivity index (χ1v) is 10.5. The fraction of sp³-hybridized carbons (Fsp3) is 0.409. The summed E-state index contributed by atoms with van der Waals surface area (Å²) in [7, 11) is 0. The molecule has 3 aromatic rings. The van der Waals surface area contributed by atoms with Gasteiger partial charge in [-0.25, -0.2) is 14.6 Å². The van der Waals surface area contributed by atoms with Crippen molar-refractivity contribution in [1.29, 1.82) is 0 Å². The maximum atomic E-state index is 13.2. The van der Waals surface area contributed by atoms with Gasteiger partial charge in [0, 0.05) is 30.7 Å². The minimum absolute atomic E-state index is 0.000371. The number of aliphatic hydroxyl groups is 1. The number of halogens is 1. The second kappa shape index (κ2) is 7.89. The molecule has 2 aromatic heterocycles. The van der Waals surface area contributed by atoms with E-state index in [1.807, 2.05) is 41.9 Å².